The zero-order valence-electron chi connectivity index (χ0n) is 18.8. The van der Waals surface area contributed by atoms with E-state index in [9.17, 15) is 15.0 Å². The maximum atomic E-state index is 13.6. The number of fused-ring (bicyclic) bond motifs is 2. The average molecular weight is 462 g/mol. The highest BCUT2D eigenvalue weighted by Gasteiger charge is 2.40. The molecule has 0 spiro atoms. The van der Waals surface area contributed by atoms with E-state index in [-0.39, 0.29) is 17.4 Å². The van der Waals surface area contributed by atoms with Crippen molar-refractivity contribution in [3.05, 3.63) is 114 Å². The fourth-order valence-corrected chi connectivity index (χ4v) is 4.76. The van der Waals surface area contributed by atoms with Crippen molar-refractivity contribution in [1.29, 1.82) is 0 Å². The number of phenolic OH excluding ortho intramolecular Hbond substituents is 2. The minimum Gasteiger partial charge on any atom is -0.508 e. The van der Waals surface area contributed by atoms with Gasteiger partial charge in [0.1, 0.15) is 29.1 Å². The molecule has 4 aromatic carbocycles. The first-order chi connectivity index (χ1) is 17.1. The van der Waals surface area contributed by atoms with E-state index in [1.54, 1.807) is 29.2 Å². The van der Waals surface area contributed by atoms with Gasteiger partial charge < -0.3 is 15.5 Å². The van der Waals surface area contributed by atoms with Crippen LogP contribution in [0.5, 0.6) is 11.5 Å². The van der Waals surface area contributed by atoms with Crippen molar-refractivity contribution >= 4 is 28.1 Å². The number of rotatable bonds is 4. The van der Waals surface area contributed by atoms with Crippen molar-refractivity contribution < 1.29 is 15.0 Å². The Morgan fingerprint density at radius 1 is 0.857 bits per heavy atom. The largest absolute Gasteiger partial charge is 0.508 e. The molecular weight excluding hydrogens is 438 g/mol. The molecule has 2 aliphatic heterocycles. The molecule has 4 aromatic rings. The maximum Gasteiger partial charge on any atom is 0.251 e. The van der Waals surface area contributed by atoms with Crippen molar-refractivity contribution in [1.82, 2.24) is 10.2 Å². The third kappa shape index (κ3) is 3.79. The summed E-state index contributed by atoms with van der Waals surface area (Å²) in [5.74, 6) is 1.07. The quantitative estimate of drug-likeness (QED) is 0.420. The van der Waals surface area contributed by atoms with E-state index < -0.39 is 6.04 Å². The van der Waals surface area contributed by atoms with Gasteiger partial charge in [0.15, 0.2) is 0 Å². The first-order valence-electron chi connectivity index (χ1n) is 11.5. The van der Waals surface area contributed by atoms with Crippen LogP contribution in [0.3, 0.4) is 0 Å². The van der Waals surface area contributed by atoms with Gasteiger partial charge >= 0.3 is 0 Å². The van der Waals surface area contributed by atoms with E-state index in [0.717, 1.165) is 38.9 Å². The zero-order chi connectivity index (χ0) is 23.9. The molecule has 6 heteroatoms. The summed E-state index contributed by atoms with van der Waals surface area (Å²) in [4.78, 5) is 20.4. The first kappa shape index (κ1) is 21.0. The third-order valence-corrected chi connectivity index (χ3v) is 6.55. The van der Waals surface area contributed by atoms with Gasteiger partial charge in [0.05, 0.1) is 12.3 Å². The normalized spacial score (nSPS) is 17.4. The summed E-state index contributed by atoms with van der Waals surface area (Å²) in [5.41, 5.74) is 4.24. The highest BCUT2D eigenvalue weighted by Crippen LogP contribution is 2.35. The van der Waals surface area contributed by atoms with E-state index in [0.29, 0.717) is 18.8 Å². The van der Waals surface area contributed by atoms with Crippen molar-refractivity contribution in [2.75, 3.05) is 6.54 Å². The summed E-state index contributed by atoms with van der Waals surface area (Å²) in [6.45, 7) is 0.340. The Morgan fingerprint density at radius 2 is 1.54 bits per heavy atom. The molecule has 35 heavy (non-hydrogen) atoms. The molecule has 6 nitrogen and oxygen atoms in total. The van der Waals surface area contributed by atoms with E-state index >= 15 is 0 Å². The summed E-state index contributed by atoms with van der Waals surface area (Å²) >= 11 is 0. The van der Waals surface area contributed by atoms with Gasteiger partial charge in [0.2, 0.25) is 0 Å². The van der Waals surface area contributed by atoms with E-state index in [2.05, 4.69) is 23.5 Å². The van der Waals surface area contributed by atoms with Gasteiger partial charge in [-0.25, -0.2) is 4.99 Å². The Labute approximate surface area is 202 Å². The molecule has 172 valence electrons. The topological polar surface area (TPSA) is 85.2 Å². The molecule has 1 saturated heterocycles. The summed E-state index contributed by atoms with van der Waals surface area (Å²) in [5, 5.41) is 25.0. The van der Waals surface area contributed by atoms with Crippen molar-refractivity contribution in [3.63, 3.8) is 0 Å². The van der Waals surface area contributed by atoms with E-state index in [1.807, 2.05) is 48.5 Å². The Morgan fingerprint density at radius 3 is 2.31 bits per heavy atom. The summed E-state index contributed by atoms with van der Waals surface area (Å²) in [6, 6.07) is 27.6. The number of carbonyl (C=O) groups is 1. The highest BCUT2D eigenvalue weighted by atomic mass is 16.3. The molecule has 1 amide bonds. The number of nitrogens with zero attached hydrogens (tertiary/aromatic N) is 2. The fraction of sp³-hybridized carbons (Fsp3) is 0.103. The molecule has 1 fully saturated rings. The number of hydrogen-bond donors (Lipinski definition) is 3. The van der Waals surface area contributed by atoms with Gasteiger partial charge in [-0.1, -0.05) is 54.6 Å². The van der Waals surface area contributed by atoms with Crippen LogP contribution in [0.25, 0.3) is 16.5 Å². The van der Waals surface area contributed by atoms with Crippen molar-refractivity contribution in [2.24, 2.45) is 4.99 Å². The molecule has 0 aromatic heterocycles. The van der Waals surface area contributed by atoms with Crippen molar-refractivity contribution in [3.8, 4) is 11.5 Å². The molecule has 2 heterocycles. The van der Waals surface area contributed by atoms with Crippen LogP contribution in [0.1, 0.15) is 16.7 Å². The van der Waals surface area contributed by atoms with Gasteiger partial charge in [-0.15, -0.1) is 0 Å². The van der Waals surface area contributed by atoms with Crippen LogP contribution in [-0.2, 0) is 11.2 Å². The molecule has 2 aliphatic rings. The predicted octanol–water partition coefficient (Wildman–Crippen LogP) is 4.42. The van der Waals surface area contributed by atoms with Crippen LogP contribution < -0.4 is 5.32 Å². The molecule has 1 atom stereocenters. The maximum absolute atomic E-state index is 13.6. The Bertz CT molecular complexity index is 1500. The number of amides is 1. The van der Waals surface area contributed by atoms with Gasteiger partial charge in [-0.3, -0.25) is 9.69 Å². The van der Waals surface area contributed by atoms with E-state index in [1.165, 1.54) is 0 Å². The van der Waals surface area contributed by atoms with Gasteiger partial charge in [0.25, 0.3) is 5.91 Å². The molecule has 1 unspecified atom stereocenters. The third-order valence-electron chi connectivity index (χ3n) is 6.55. The molecule has 6 rings (SSSR count). The molecule has 0 radical (unpaired) electrons. The molecule has 0 saturated carbocycles. The Kier molecular flexibility index (Phi) is 4.99. The summed E-state index contributed by atoms with van der Waals surface area (Å²) in [6.07, 6.45) is 0.497. The standard InChI is InChI=1S/C29H23N3O3/c33-21-12-8-18(9-13-21)16-25-29(35)32-17-26(20-10-14-22(34)15-11-20)30-27(28(32)31-25)24-7-3-5-19-4-1-2-6-23(19)24/h1-15,25,31,33-34H,16-17H2. The number of carbonyl (C=O) groups excluding carboxylic acids is 1. The molecule has 3 N–H and O–H groups in total. The number of phenols is 2. The molecular formula is C29H23N3O3. The van der Waals surface area contributed by atoms with Crippen LogP contribution in [-0.4, -0.2) is 39.3 Å². The number of benzene rings is 4. The fourth-order valence-electron chi connectivity index (χ4n) is 4.76. The summed E-state index contributed by atoms with van der Waals surface area (Å²) < 4.78 is 0. The lowest BCUT2D eigenvalue weighted by Crippen LogP contribution is -2.36. The van der Waals surface area contributed by atoms with E-state index in [4.69, 9.17) is 4.99 Å². The smallest absolute Gasteiger partial charge is 0.251 e. The summed E-state index contributed by atoms with van der Waals surface area (Å²) in [7, 11) is 0. The number of hydrogen-bond acceptors (Lipinski definition) is 5. The lowest BCUT2D eigenvalue weighted by Gasteiger charge is -2.26. The van der Waals surface area contributed by atoms with Gasteiger partial charge in [0, 0.05) is 12.0 Å². The second-order valence-corrected chi connectivity index (χ2v) is 8.82. The lowest BCUT2D eigenvalue weighted by molar-refractivity contribution is -0.127. The second kappa shape index (κ2) is 8.33. The van der Waals surface area contributed by atoms with Crippen LogP contribution >= 0.6 is 0 Å². The second-order valence-electron chi connectivity index (χ2n) is 8.82. The van der Waals surface area contributed by atoms with Gasteiger partial charge in [-0.2, -0.15) is 0 Å². The average Bonchev–Trinajstić information content (AvgIpc) is 3.20. The van der Waals surface area contributed by atoms with Crippen LogP contribution in [0.15, 0.2) is 102 Å². The molecule has 0 aliphatic carbocycles. The predicted molar refractivity (Wildman–Crippen MR) is 136 cm³/mol. The van der Waals surface area contributed by atoms with Gasteiger partial charge in [-0.05, 0) is 58.3 Å². The Hall–Kier alpha value is -4.58. The number of aromatic hydroxyl groups is 2. The van der Waals surface area contributed by atoms with Crippen LogP contribution in [0.4, 0.5) is 0 Å². The minimum atomic E-state index is -0.436. The number of aliphatic imine (C=N–C) groups is 1. The number of nitrogens with one attached hydrogen (secondary N) is 1. The monoisotopic (exact) mass is 461 g/mol. The first-order valence-corrected chi connectivity index (χ1v) is 11.5. The molecule has 0 bridgehead atoms. The Balaban J connectivity index is 1.46. The van der Waals surface area contributed by atoms with Crippen LogP contribution in [0.2, 0.25) is 0 Å². The van der Waals surface area contributed by atoms with Crippen LogP contribution in [0, 0.1) is 0 Å². The van der Waals surface area contributed by atoms with Crippen molar-refractivity contribution in [2.45, 2.75) is 12.5 Å². The SMILES string of the molecule is O=C1C(Cc2ccc(O)cc2)NC2=C(c3cccc4ccccc34)N=C(c3ccc(O)cc3)CN12. The lowest BCUT2D eigenvalue weighted by atomic mass is 10.0. The minimum absolute atomic E-state index is 0.0167. The zero-order valence-corrected chi connectivity index (χ0v) is 18.8. The highest BCUT2D eigenvalue weighted by molar-refractivity contribution is 6.10.